The van der Waals surface area contributed by atoms with Gasteiger partial charge in [-0.3, -0.25) is 4.79 Å². The summed E-state index contributed by atoms with van der Waals surface area (Å²) in [6, 6.07) is 13.9. The van der Waals surface area contributed by atoms with E-state index < -0.39 is 0 Å². The molecule has 0 radical (unpaired) electrons. The third kappa shape index (κ3) is 4.38. The van der Waals surface area contributed by atoms with Crippen molar-refractivity contribution in [1.29, 1.82) is 0 Å². The van der Waals surface area contributed by atoms with Gasteiger partial charge in [-0.25, -0.2) is 0 Å². The van der Waals surface area contributed by atoms with Crippen LogP contribution in [0, 0.1) is 0 Å². The summed E-state index contributed by atoms with van der Waals surface area (Å²) < 4.78 is 11.8. The number of hydrogen-bond acceptors (Lipinski definition) is 6. The standard InChI is InChI=1S/C24H27N3O3S/c28-23(21-11-7-15-31-21)27(16-19-10-6-14-29-19)17-20-22(18-8-2-1-3-9-18)25-30-24(20)26-12-4-5-13-26/h1-3,7-9,11,15,19H,4-6,10,12-14,16-17H2. The molecule has 4 heterocycles. The van der Waals surface area contributed by atoms with Crippen LogP contribution in [0.2, 0.25) is 0 Å². The van der Waals surface area contributed by atoms with E-state index in [9.17, 15) is 4.79 Å². The second-order valence-corrected chi connectivity index (χ2v) is 9.12. The van der Waals surface area contributed by atoms with Crippen LogP contribution in [0.1, 0.15) is 40.9 Å². The van der Waals surface area contributed by atoms with Crippen LogP contribution >= 0.6 is 11.3 Å². The predicted octanol–water partition coefficient (Wildman–Crippen LogP) is 4.82. The molecular weight excluding hydrogens is 410 g/mol. The maximum atomic E-state index is 13.4. The van der Waals surface area contributed by atoms with Gasteiger partial charge in [-0.2, -0.15) is 0 Å². The summed E-state index contributed by atoms with van der Waals surface area (Å²) in [6.07, 6.45) is 4.41. The summed E-state index contributed by atoms with van der Waals surface area (Å²) in [5.74, 6) is 0.839. The second kappa shape index (κ2) is 9.24. The van der Waals surface area contributed by atoms with Crippen LogP contribution in [0.15, 0.2) is 52.4 Å². The predicted molar refractivity (Wildman–Crippen MR) is 121 cm³/mol. The minimum absolute atomic E-state index is 0.0399. The van der Waals surface area contributed by atoms with Gasteiger partial charge in [0.1, 0.15) is 5.69 Å². The SMILES string of the molecule is O=C(c1cccs1)N(Cc1c(-c2ccccc2)noc1N1CCCC1)CC1CCCO1. The molecule has 6 nitrogen and oxygen atoms in total. The Balaban J connectivity index is 1.50. The molecule has 2 fully saturated rings. The zero-order valence-electron chi connectivity index (χ0n) is 17.5. The van der Waals surface area contributed by atoms with Gasteiger partial charge < -0.3 is 19.1 Å². The van der Waals surface area contributed by atoms with E-state index in [-0.39, 0.29) is 12.0 Å². The van der Waals surface area contributed by atoms with E-state index >= 15 is 0 Å². The van der Waals surface area contributed by atoms with Crippen LogP contribution in [0.4, 0.5) is 5.88 Å². The van der Waals surface area contributed by atoms with E-state index in [1.807, 2.05) is 52.7 Å². The molecular formula is C24H27N3O3S. The zero-order chi connectivity index (χ0) is 21.0. The third-order valence-corrected chi connectivity index (χ3v) is 6.88. The minimum atomic E-state index is 0.0399. The van der Waals surface area contributed by atoms with Gasteiger partial charge in [-0.05, 0) is 37.1 Å². The molecule has 1 atom stereocenters. The maximum Gasteiger partial charge on any atom is 0.264 e. The van der Waals surface area contributed by atoms with Crippen molar-refractivity contribution in [2.75, 3.05) is 31.1 Å². The highest BCUT2D eigenvalue weighted by molar-refractivity contribution is 7.12. The van der Waals surface area contributed by atoms with Gasteiger partial charge in [-0.15, -0.1) is 11.3 Å². The maximum absolute atomic E-state index is 13.4. The van der Waals surface area contributed by atoms with Gasteiger partial charge in [0.25, 0.3) is 5.91 Å². The van der Waals surface area contributed by atoms with Crippen LogP contribution in [-0.2, 0) is 11.3 Å². The molecule has 162 valence electrons. The Morgan fingerprint density at radius 1 is 1.13 bits per heavy atom. The van der Waals surface area contributed by atoms with Crippen molar-refractivity contribution in [3.8, 4) is 11.3 Å². The molecule has 0 saturated carbocycles. The van der Waals surface area contributed by atoms with Crippen molar-refractivity contribution in [3.63, 3.8) is 0 Å². The highest BCUT2D eigenvalue weighted by Gasteiger charge is 2.30. The Morgan fingerprint density at radius 2 is 1.97 bits per heavy atom. The van der Waals surface area contributed by atoms with Crippen molar-refractivity contribution in [1.82, 2.24) is 10.1 Å². The highest BCUT2D eigenvalue weighted by atomic mass is 32.1. The summed E-state index contributed by atoms with van der Waals surface area (Å²) in [5, 5.41) is 6.40. The summed E-state index contributed by atoms with van der Waals surface area (Å²) >= 11 is 1.48. The summed E-state index contributed by atoms with van der Waals surface area (Å²) in [5.41, 5.74) is 2.81. The van der Waals surface area contributed by atoms with Gasteiger partial charge in [-0.1, -0.05) is 41.6 Å². The number of aromatic nitrogens is 1. The quantitative estimate of drug-likeness (QED) is 0.530. The molecule has 2 saturated heterocycles. The molecule has 5 rings (SSSR count). The molecule has 2 aromatic heterocycles. The highest BCUT2D eigenvalue weighted by Crippen LogP contribution is 2.34. The van der Waals surface area contributed by atoms with E-state index in [0.29, 0.717) is 13.1 Å². The lowest BCUT2D eigenvalue weighted by molar-refractivity contribution is 0.0511. The van der Waals surface area contributed by atoms with E-state index in [0.717, 1.165) is 73.0 Å². The number of ether oxygens (including phenoxy) is 1. The van der Waals surface area contributed by atoms with E-state index in [4.69, 9.17) is 9.26 Å². The van der Waals surface area contributed by atoms with Gasteiger partial charge in [0.15, 0.2) is 0 Å². The molecule has 0 aliphatic carbocycles. The first-order valence-corrected chi connectivity index (χ1v) is 11.9. The fourth-order valence-electron chi connectivity index (χ4n) is 4.43. The lowest BCUT2D eigenvalue weighted by Crippen LogP contribution is -2.37. The number of thiophene rings is 1. The van der Waals surface area contributed by atoms with E-state index in [2.05, 4.69) is 10.1 Å². The van der Waals surface area contributed by atoms with E-state index in [1.165, 1.54) is 11.3 Å². The molecule has 2 aliphatic heterocycles. The van der Waals surface area contributed by atoms with Crippen molar-refractivity contribution < 1.29 is 14.1 Å². The molecule has 0 N–H and O–H groups in total. The molecule has 0 bridgehead atoms. The fraction of sp³-hybridized carbons (Fsp3) is 0.417. The molecule has 7 heteroatoms. The van der Waals surface area contributed by atoms with Crippen LogP contribution in [0.3, 0.4) is 0 Å². The molecule has 3 aromatic rings. The first-order chi connectivity index (χ1) is 15.3. The first-order valence-electron chi connectivity index (χ1n) is 11.0. The van der Waals surface area contributed by atoms with Gasteiger partial charge in [0.05, 0.1) is 23.1 Å². The normalized spacial score (nSPS) is 18.6. The van der Waals surface area contributed by atoms with Crippen LogP contribution in [-0.4, -0.2) is 48.3 Å². The number of carbonyl (C=O) groups is 1. The molecule has 31 heavy (non-hydrogen) atoms. The molecule has 1 aromatic carbocycles. The number of hydrogen-bond donors (Lipinski definition) is 0. The van der Waals surface area contributed by atoms with Gasteiger partial charge in [0.2, 0.25) is 5.88 Å². The number of benzene rings is 1. The van der Waals surface area contributed by atoms with Gasteiger partial charge in [0, 0.05) is 31.8 Å². The van der Waals surface area contributed by atoms with Crippen molar-refractivity contribution in [2.45, 2.75) is 38.3 Å². The van der Waals surface area contributed by atoms with Crippen molar-refractivity contribution in [2.24, 2.45) is 0 Å². The van der Waals surface area contributed by atoms with E-state index in [1.54, 1.807) is 0 Å². The fourth-order valence-corrected chi connectivity index (χ4v) is 5.13. The zero-order valence-corrected chi connectivity index (χ0v) is 18.4. The van der Waals surface area contributed by atoms with Crippen molar-refractivity contribution in [3.05, 3.63) is 58.3 Å². The number of carbonyl (C=O) groups excluding carboxylic acids is 1. The summed E-state index contributed by atoms with van der Waals surface area (Å²) in [4.78, 5) is 18.3. The monoisotopic (exact) mass is 437 g/mol. The number of rotatable bonds is 7. The van der Waals surface area contributed by atoms with Crippen LogP contribution in [0.25, 0.3) is 11.3 Å². The largest absolute Gasteiger partial charge is 0.376 e. The summed E-state index contributed by atoms with van der Waals surface area (Å²) in [7, 11) is 0. The van der Waals surface area contributed by atoms with Gasteiger partial charge >= 0.3 is 0 Å². The lowest BCUT2D eigenvalue weighted by Gasteiger charge is -2.26. The third-order valence-electron chi connectivity index (χ3n) is 6.02. The van der Waals surface area contributed by atoms with Crippen LogP contribution < -0.4 is 4.90 Å². The Kier molecular flexibility index (Phi) is 6.04. The molecule has 1 amide bonds. The number of nitrogens with zero attached hydrogens (tertiary/aromatic N) is 3. The number of amides is 1. The Labute approximate surface area is 186 Å². The minimum Gasteiger partial charge on any atom is -0.376 e. The molecule has 0 spiro atoms. The smallest absolute Gasteiger partial charge is 0.264 e. The average molecular weight is 438 g/mol. The Hall–Kier alpha value is -2.64. The molecule has 1 unspecified atom stereocenters. The Bertz CT molecular complexity index is 991. The molecule has 2 aliphatic rings. The average Bonchev–Trinajstić information content (AvgIpc) is 3.61. The lowest BCUT2D eigenvalue weighted by atomic mass is 10.1. The number of anilines is 1. The first kappa shape index (κ1) is 20.3. The van der Waals surface area contributed by atoms with Crippen LogP contribution in [0.5, 0.6) is 0 Å². The second-order valence-electron chi connectivity index (χ2n) is 8.17. The van der Waals surface area contributed by atoms with Crippen molar-refractivity contribution >= 4 is 23.1 Å². The Morgan fingerprint density at radius 3 is 2.68 bits per heavy atom. The topological polar surface area (TPSA) is 58.8 Å². The summed E-state index contributed by atoms with van der Waals surface area (Å²) in [6.45, 7) is 3.72.